The Morgan fingerprint density at radius 2 is 2.03 bits per heavy atom. The molecule has 6 nitrogen and oxygen atoms in total. The van der Waals surface area contributed by atoms with Crippen molar-refractivity contribution in [3.8, 4) is 11.6 Å². The molecule has 0 bridgehead atoms. The third kappa shape index (κ3) is 5.70. The summed E-state index contributed by atoms with van der Waals surface area (Å²) in [6.45, 7) is 1.77. The van der Waals surface area contributed by atoms with Crippen molar-refractivity contribution in [2.24, 2.45) is 0 Å². The number of benzene rings is 1. The standard InChI is InChI=1S/C25H30F4N4O2/c1-16-12-18-17-6-3-4-7-20(17)32-23(18)24(33(16)15-25(27,28)29)19-14-31-22(13-21(19)34-2)35-11-10-30-9-5-8-26/h3-4,6-7,13-14,16,24,30,32H,5,8-12,15H2,1-2H3. The average molecular weight is 495 g/mol. The van der Waals surface area contributed by atoms with E-state index >= 15 is 0 Å². The maximum atomic E-state index is 13.6. The monoisotopic (exact) mass is 494 g/mol. The van der Waals surface area contributed by atoms with Gasteiger partial charge in [0, 0.05) is 47.0 Å². The van der Waals surface area contributed by atoms with Crippen LogP contribution in [0, 0.1) is 0 Å². The fraction of sp³-hybridized carbons (Fsp3) is 0.480. The summed E-state index contributed by atoms with van der Waals surface area (Å²) in [5.41, 5.74) is 3.15. The smallest absolute Gasteiger partial charge is 0.401 e. The first-order valence-electron chi connectivity index (χ1n) is 11.7. The molecule has 10 heteroatoms. The van der Waals surface area contributed by atoms with Crippen LogP contribution < -0.4 is 14.8 Å². The topological polar surface area (TPSA) is 62.4 Å². The molecule has 190 valence electrons. The number of ether oxygens (including phenoxy) is 2. The van der Waals surface area contributed by atoms with Crippen LogP contribution in [0.1, 0.15) is 36.2 Å². The van der Waals surface area contributed by atoms with E-state index in [0.717, 1.165) is 22.2 Å². The van der Waals surface area contributed by atoms with Crippen molar-refractivity contribution in [1.29, 1.82) is 0 Å². The lowest BCUT2D eigenvalue weighted by atomic mass is 9.89. The number of para-hydroxylation sites is 1. The van der Waals surface area contributed by atoms with Gasteiger partial charge in [-0.15, -0.1) is 0 Å². The molecule has 35 heavy (non-hydrogen) atoms. The Bertz CT molecular complexity index is 1130. The van der Waals surface area contributed by atoms with Gasteiger partial charge in [-0.05, 0) is 37.9 Å². The number of halogens is 4. The van der Waals surface area contributed by atoms with Gasteiger partial charge < -0.3 is 19.8 Å². The zero-order valence-corrected chi connectivity index (χ0v) is 19.8. The number of methoxy groups -OCH3 is 1. The lowest BCUT2D eigenvalue weighted by molar-refractivity contribution is -0.155. The van der Waals surface area contributed by atoms with E-state index in [-0.39, 0.29) is 12.7 Å². The molecule has 3 heterocycles. The summed E-state index contributed by atoms with van der Waals surface area (Å²) in [6.07, 6.45) is -1.90. The predicted octanol–water partition coefficient (Wildman–Crippen LogP) is 4.80. The molecule has 0 fully saturated rings. The van der Waals surface area contributed by atoms with Crippen molar-refractivity contribution in [3.63, 3.8) is 0 Å². The second-order valence-corrected chi connectivity index (χ2v) is 8.71. The number of pyridine rings is 1. The molecule has 0 radical (unpaired) electrons. The van der Waals surface area contributed by atoms with Gasteiger partial charge in [-0.1, -0.05) is 18.2 Å². The fourth-order valence-electron chi connectivity index (χ4n) is 4.73. The summed E-state index contributed by atoms with van der Waals surface area (Å²) in [5.74, 6) is 0.706. The van der Waals surface area contributed by atoms with Crippen molar-refractivity contribution in [1.82, 2.24) is 20.2 Å². The van der Waals surface area contributed by atoms with E-state index in [1.807, 2.05) is 31.2 Å². The molecule has 0 aliphatic carbocycles. The Morgan fingerprint density at radius 1 is 1.23 bits per heavy atom. The molecule has 0 saturated carbocycles. The molecule has 4 rings (SSSR count). The molecular weight excluding hydrogens is 464 g/mol. The fourth-order valence-corrected chi connectivity index (χ4v) is 4.73. The van der Waals surface area contributed by atoms with Crippen LogP contribution in [0.3, 0.4) is 0 Å². The highest BCUT2D eigenvalue weighted by Gasteiger charge is 2.43. The van der Waals surface area contributed by atoms with Crippen LogP contribution in [0.2, 0.25) is 0 Å². The Morgan fingerprint density at radius 3 is 2.77 bits per heavy atom. The third-order valence-corrected chi connectivity index (χ3v) is 6.28. The van der Waals surface area contributed by atoms with E-state index < -0.39 is 18.8 Å². The number of nitrogens with zero attached hydrogens (tertiary/aromatic N) is 2. The van der Waals surface area contributed by atoms with Gasteiger partial charge in [-0.25, -0.2) is 4.98 Å². The highest BCUT2D eigenvalue weighted by atomic mass is 19.4. The number of hydrogen-bond acceptors (Lipinski definition) is 5. The van der Waals surface area contributed by atoms with Gasteiger partial charge in [0.05, 0.1) is 26.4 Å². The minimum absolute atomic E-state index is 0.306. The Kier molecular flexibility index (Phi) is 7.81. The predicted molar refractivity (Wildman–Crippen MR) is 126 cm³/mol. The third-order valence-electron chi connectivity index (χ3n) is 6.28. The number of aromatic amines is 1. The zero-order valence-electron chi connectivity index (χ0n) is 19.8. The molecule has 2 aromatic heterocycles. The van der Waals surface area contributed by atoms with E-state index in [2.05, 4.69) is 15.3 Å². The molecule has 0 spiro atoms. The van der Waals surface area contributed by atoms with Crippen molar-refractivity contribution >= 4 is 10.9 Å². The number of nitrogens with one attached hydrogen (secondary N) is 2. The molecule has 2 N–H and O–H groups in total. The lowest BCUT2D eigenvalue weighted by Crippen LogP contribution is -2.47. The molecule has 2 atom stereocenters. The Hall–Kier alpha value is -2.85. The molecule has 0 saturated heterocycles. The van der Waals surface area contributed by atoms with E-state index in [9.17, 15) is 17.6 Å². The highest BCUT2D eigenvalue weighted by molar-refractivity contribution is 5.85. The number of fused-ring (bicyclic) bond motifs is 3. The molecule has 2 unspecified atom stereocenters. The van der Waals surface area contributed by atoms with Crippen LogP contribution in [0.15, 0.2) is 36.5 Å². The summed E-state index contributed by atoms with van der Waals surface area (Å²) >= 11 is 0. The van der Waals surface area contributed by atoms with Gasteiger partial charge in [0.25, 0.3) is 0 Å². The van der Waals surface area contributed by atoms with Crippen LogP contribution in [0.25, 0.3) is 10.9 Å². The molecule has 1 aromatic carbocycles. The first kappa shape index (κ1) is 25.2. The minimum Gasteiger partial charge on any atom is -0.496 e. The SMILES string of the molecule is COc1cc(OCCNCCCF)ncc1C1c2[nH]c3ccccc3c2CC(C)N1CC(F)(F)F. The first-order chi connectivity index (χ1) is 16.8. The van der Waals surface area contributed by atoms with Gasteiger partial charge in [0.15, 0.2) is 0 Å². The van der Waals surface area contributed by atoms with E-state index in [1.54, 1.807) is 6.07 Å². The van der Waals surface area contributed by atoms with E-state index in [1.165, 1.54) is 18.2 Å². The normalized spacial score (nSPS) is 18.6. The summed E-state index contributed by atoms with van der Waals surface area (Å²) in [5, 5.41) is 4.08. The maximum absolute atomic E-state index is 13.6. The second-order valence-electron chi connectivity index (χ2n) is 8.71. The molecule has 1 aliphatic heterocycles. The molecular formula is C25H30F4N4O2. The van der Waals surface area contributed by atoms with Crippen LogP contribution >= 0.6 is 0 Å². The highest BCUT2D eigenvalue weighted by Crippen LogP contribution is 2.44. The van der Waals surface area contributed by atoms with Crippen LogP contribution in [0.4, 0.5) is 17.6 Å². The van der Waals surface area contributed by atoms with Crippen molar-refractivity contribution in [2.45, 2.75) is 38.0 Å². The van der Waals surface area contributed by atoms with Gasteiger partial charge >= 0.3 is 6.18 Å². The molecule has 3 aromatic rings. The lowest BCUT2D eigenvalue weighted by Gasteiger charge is -2.41. The van der Waals surface area contributed by atoms with Crippen LogP contribution in [-0.4, -0.2) is 67.1 Å². The zero-order chi connectivity index (χ0) is 25.0. The summed E-state index contributed by atoms with van der Waals surface area (Å²) in [4.78, 5) is 9.19. The maximum Gasteiger partial charge on any atom is 0.401 e. The van der Waals surface area contributed by atoms with Gasteiger partial charge in [0.2, 0.25) is 5.88 Å². The average Bonchev–Trinajstić information content (AvgIpc) is 3.19. The number of rotatable bonds is 10. The number of H-pyrrole nitrogens is 1. The number of hydrogen-bond donors (Lipinski definition) is 2. The van der Waals surface area contributed by atoms with Crippen molar-refractivity contribution in [3.05, 3.63) is 53.3 Å². The molecule has 1 aliphatic rings. The number of alkyl halides is 4. The van der Waals surface area contributed by atoms with Crippen LogP contribution in [-0.2, 0) is 6.42 Å². The largest absolute Gasteiger partial charge is 0.496 e. The minimum atomic E-state index is -4.37. The quantitative estimate of drug-likeness (QED) is 0.313. The number of aromatic nitrogens is 2. The Balaban J connectivity index is 1.68. The van der Waals surface area contributed by atoms with Gasteiger partial charge in [0.1, 0.15) is 12.4 Å². The van der Waals surface area contributed by atoms with E-state index in [0.29, 0.717) is 49.7 Å². The van der Waals surface area contributed by atoms with Crippen molar-refractivity contribution in [2.75, 3.05) is 40.0 Å². The van der Waals surface area contributed by atoms with Crippen molar-refractivity contribution < 1.29 is 27.0 Å². The van der Waals surface area contributed by atoms with Gasteiger partial charge in [-0.2, -0.15) is 13.2 Å². The summed E-state index contributed by atoms with van der Waals surface area (Å²) in [7, 11) is 1.48. The summed E-state index contributed by atoms with van der Waals surface area (Å²) < 4.78 is 64.3. The first-order valence-corrected chi connectivity index (χ1v) is 11.7. The summed E-state index contributed by atoms with van der Waals surface area (Å²) in [6, 6.07) is 8.27. The molecule has 0 amide bonds. The Labute approximate surface area is 201 Å². The second kappa shape index (κ2) is 10.8. The van der Waals surface area contributed by atoms with E-state index in [4.69, 9.17) is 9.47 Å². The van der Waals surface area contributed by atoms with Crippen LogP contribution in [0.5, 0.6) is 11.6 Å². The van der Waals surface area contributed by atoms with Gasteiger partial charge in [-0.3, -0.25) is 9.29 Å².